The molecular weight excluding hydrogens is 282 g/mol. The van der Waals surface area contributed by atoms with Gasteiger partial charge in [0.15, 0.2) is 0 Å². The smallest absolute Gasteiger partial charge is 0.319 e. The van der Waals surface area contributed by atoms with Crippen molar-refractivity contribution in [2.45, 2.75) is 6.54 Å². The van der Waals surface area contributed by atoms with E-state index in [9.17, 15) is 4.79 Å². The average Bonchev–Trinajstić information content (AvgIpc) is 2.56. The fourth-order valence-corrected chi connectivity index (χ4v) is 1.77. The van der Waals surface area contributed by atoms with E-state index in [1.807, 2.05) is 30.3 Å². The van der Waals surface area contributed by atoms with Gasteiger partial charge in [-0.25, -0.2) is 9.78 Å². The van der Waals surface area contributed by atoms with Gasteiger partial charge in [-0.15, -0.1) is 0 Å². The Bertz CT molecular complexity index is 590. The fraction of sp³-hybridized carbons (Fsp3) is 0.250. The monoisotopic (exact) mass is 301 g/mol. The Morgan fingerprint density at radius 3 is 2.73 bits per heavy atom. The molecule has 0 saturated carbocycles. The van der Waals surface area contributed by atoms with E-state index in [4.69, 9.17) is 9.47 Å². The Balaban J connectivity index is 1.88. The molecule has 22 heavy (non-hydrogen) atoms. The molecule has 6 heteroatoms. The number of methoxy groups -OCH3 is 1. The Kier molecular flexibility index (Phi) is 6.19. The maximum absolute atomic E-state index is 11.9. The van der Waals surface area contributed by atoms with Gasteiger partial charge in [0.05, 0.1) is 6.61 Å². The van der Waals surface area contributed by atoms with Crippen LogP contribution in [0.4, 0.5) is 10.5 Å². The van der Waals surface area contributed by atoms with Gasteiger partial charge in [-0.3, -0.25) is 0 Å². The molecule has 2 amide bonds. The highest BCUT2D eigenvalue weighted by molar-refractivity contribution is 5.90. The Morgan fingerprint density at radius 2 is 1.95 bits per heavy atom. The van der Waals surface area contributed by atoms with Crippen LogP contribution < -0.4 is 15.4 Å². The molecule has 116 valence electrons. The normalized spacial score (nSPS) is 10.0. The van der Waals surface area contributed by atoms with Crippen molar-refractivity contribution in [1.82, 2.24) is 10.3 Å². The highest BCUT2D eigenvalue weighted by atomic mass is 16.5. The van der Waals surface area contributed by atoms with Crippen LogP contribution in [0.2, 0.25) is 0 Å². The van der Waals surface area contributed by atoms with Crippen LogP contribution in [0.15, 0.2) is 48.7 Å². The third-order valence-corrected chi connectivity index (χ3v) is 2.84. The second-order valence-electron chi connectivity index (χ2n) is 4.49. The number of rotatable bonds is 7. The summed E-state index contributed by atoms with van der Waals surface area (Å²) >= 11 is 0. The standard InChI is InChI=1S/C16H19N3O3/c1-21-10-11-22-15-14(8-5-9-17-15)19-16(20)18-12-13-6-3-2-4-7-13/h2-9H,10-12H2,1H3,(H2,18,19,20). The summed E-state index contributed by atoms with van der Waals surface area (Å²) in [6, 6.07) is 12.8. The summed E-state index contributed by atoms with van der Waals surface area (Å²) in [4.78, 5) is 16.0. The van der Waals surface area contributed by atoms with Gasteiger partial charge in [-0.05, 0) is 17.7 Å². The summed E-state index contributed by atoms with van der Waals surface area (Å²) in [6.07, 6.45) is 1.61. The number of nitrogens with one attached hydrogen (secondary N) is 2. The molecule has 0 aliphatic carbocycles. The molecule has 2 N–H and O–H groups in total. The van der Waals surface area contributed by atoms with Crippen LogP contribution in [0.25, 0.3) is 0 Å². The maximum Gasteiger partial charge on any atom is 0.319 e. The summed E-state index contributed by atoms with van der Waals surface area (Å²) in [7, 11) is 1.60. The molecule has 0 spiro atoms. The second-order valence-corrected chi connectivity index (χ2v) is 4.49. The van der Waals surface area contributed by atoms with E-state index in [1.165, 1.54) is 0 Å². The van der Waals surface area contributed by atoms with Crippen molar-refractivity contribution in [2.24, 2.45) is 0 Å². The van der Waals surface area contributed by atoms with Gasteiger partial charge in [-0.1, -0.05) is 30.3 Å². The molecule has 0 saturated heterocycles. The number of aromatic nitrogens is 1. The molecule has 0 radical (unpaired) electrons. The molecule has 1 heterocycles. The summed E-state index contributed by atoms with van der Waals surface area (Å²) < 4.78 is 10.4. The number of hydrogen-bond acceptors (Lipinski definition) is 4. The maximum atomic E-state index is 11.9. The zero-order valence-corrected chi connectivity index (χ0v) is 12.4. The Labute approximate surface area is 129 Å². The van der Waals surface area contributed by atoms with Crippen LogP contribution in [0, 0.1) is 0 Å². The van der Waals surface area contributed by atoms with Crippen LogP contribution in [-0.2, 0) is 11.3 Å². The van der Waals surface area contributed by atoms with Crippen molar-refractivity contribution in [2.75, 3.05) is 25.6 Å². The minimum absolute atomic E-state index is 0.312. The van der Waals surface area contributed by atoms with Gasteiger partial charge in [-0.2, -0.15) is 0 Å². The first kappa shape index (κ1) is 15.8. The van der Waals surface area contributed by atoms with Crippen LogP contribution in [0.3, 0.4) is 0 Å². The molecule has 2 aromatic rings. The van der Waals surface area contributed by atoms with E-state index in [0.29, 0.717) is 31.3 Å². The van der Waals surface area contributed by atoms with Crippen molar-refractivity contribution in [3.05, 3.63) is 54.2 Å². The number of pyridine rings is 1. The number of benzene rings is 1. The number of amides is 2. The Hall–Kier alpha value is -2.60. The minimum Gasteiger partial charge on any atom is -0.474 e. The highest BCUT2D eigenvalue weighted by Gasteiger charge is 2.08. The molecule has 2 rings (SSSR count). The zero-order chi connectivity index (χ0) is 15.6. The molecule has 0 fully saturated rings. The van der Waals surface area contributed by atoms with Gasteiger partial charge in [0.2, 0.25) is 5.88 Å². The lowest BCUT2D eigenvalue weighted by Crippen LogP contribution is -2.28. The van der Waals surface area contributed by atoms with E-state index >= 15 is 0 Å². The highest BCUT2D eigenvalue weighted by Crippen LogP contribution is 2.20. The SMILES string of the molecule is COCCOc1ncccc1NC(=O)NCc1ccccc1. The number of anilines is 1. The number of ether oxygens (including phenoxy) is 2. The lowest BCUT2D eigenvalue weighted by atomic mass is 10.2. The number of hydrogen-bond donors (Lipinski definition) is 2. The predicted octanol–water partition coefficient (Wildman–Crippen LogP) is 2.43. The van der Waals surface area contributed by atoms with Crippen LogP contribution in [-0.4, -0.2) is 31.3 Å². The summed E-state index contributed by atoms with van der Waals surface area (Å²) in [5, 5.41) is 5.51. The first-order valence-electron chi connectivity index (χ1n) is 6.95. The van der Waals surface area contributed by atoms with Gasteiger partial charge in [0, 0.05) is 19.9 Å². The molecule has 6 nitrogen and oxygen atoms in total. The molecule has 0 aliphatic heterocycles. The van der Waals surface area contributed by atoms with Crippen LogP contribution in [0.5, 0.6) is 5.88 Å². The minimum atomic E-state index is -0.312. The topological polar surface area (TPSA) is 72.5 Å². The molecule has 1 aromatic heterocycles. The van der Waals surface area contributed by atoms with Crippen molar-refractivity contribution in [3.8, 4) is 5.88 Å². The van der Waals surface area contributed by atoms with Crippen molar-refractivity contribution in [1.29, 1.82) is 0 Å². The van der Waals surface area contributed by atoms with Crippen molar-refractivity contribution >= 4 is 11.7 Å². The first-order valence-corrected chi connectivity index (χ1v) is 6.95. The number of nitrogens with zero attached hydrogens (tertiary/aromatic N) is 1. The third-order valence-electron chi connectivity index (χ3n) is 2.84. The first-order chi connectivity index (χ1) is 10.8. The van der Waals surface area contributed by atoms with Gasteiger partial charge in [0.1, 0.15) is 12.3 Å². The predicted molar refractivity (Wildman–Crippen MR) is 83.9 cm³/mol. The lowest BCUT2D eigenvalue weighted by Gasteiger charge is -2.11. The van der Waals surface area contributed by atoms with Gasteiger partial charge < -0.3 is 20.1 Å². The van der Waals surface area contributed by atoms with Gasteiger partial charge in [0.25, 0.3) is 0 Å². The van der Waals surface area contributed by atoms with Gasteiger partial charge >= 0.3 is 6.03 Å². The molecular formula is C16H19N3O3. The van der Waals surface area contributed by atoms with Crippen LogP contribution >= 0.6 is 0 Å². The van der Waals surface area contributed by atoms with E-state index in [2.05, 4.69) is 15.6 Å². The zero-order valence-electron chi connectivity index (χ0n) is 12.4. The summed E-state index contributed by atoms with van der Waals surface area (Å²) in [6.45, 7) is 1.27. The summed E-state index contributed by atoms with van der Waals surface area (Å²) in [5.74, 6) is 0.370. The average molecular weight is 301 g/mol. The molecule has 0 bridgehead atoms. The number of carbonyl (C=O) groups is 1. The lowest BCUT2D eigenvalue weighted by molar-refractivity contribution is 0.144. The molecule has 0 atom stereocenters. The quantitative estimate of drug-likeness (QED) is 0.770. The third kappa shape index (κ3) is 5.06. The van der Waals surface area contributed by atoms with Crippen molar-refractivity contribution in [3.63, 3.8) is 0 Å². The number of urea groups is 1. The largest absolute Gasteiger partial charge is 0.474 e. The fourth-order valence-electron chi connectivity index (χ4n) is 1.77. The number of carbonyl (C=O) groups excluding carboxylic acids is 1. The second kappa shape index (κ2) is 8.63. The Morgan fingerprint density at radius 1 is 1.14 bits per heavy atom. The summed E-state index contributed by atoms with van der Waals surface area (Å²) in [5.41, 5.74) is 1.55. The van der Waals surface area contributed by atoms with E-state index < -0.39 is 0 Å². The van der Waals surface area contributed by atoms with E-state index in [-0.39, 0.29) is 6.03 Å². The molecule has 1 aromatic carbocycles. The van der Waals surface area contributed by atoms with Crippen molar-refractivity contribution < 1.29 is 14.3 Å². The molecule has 0 aliphatic rings. The van der Waals surface area contributed by atoms with Crippen LogP contribution in [0.1, 0.15) is 5.56 Å². The van der Waals surface area contributed by atoms with E-state index in [1.54, 1.807) is 25.4 Å². The molecule has 0 unspecified atom stereocenters. The van der Waals surface area contributed by atoms with E-state index in [0.717, 1.165) is 5.56 Å².